The number of ether oxygens (including phenoxy) is 2. The minimum absolute atomic E-state index is 0.182. The molecule has 0 N–H and O–H groups in total. The number of aryl methyl sites for hydroxylation is 1. The third-order valence-corrected chi connectivity index (χ3v) is 4.51. The second-order valence-electron chi connectivity index (χ2n) is 6.67. The average Bonchev–Trinajstić information content (AvgIpc) is 2.72. The van der Waals surface area contributed by atoms with Crippen LogP contribution in [0, 0.1) is 0 Å². The number of hydrogen-bond acceptors (Lipinski definition) is 4. The Hall–Kier alpha value is -3.14. The fourth-order valence-electron chi connectivity index (χ4n) is 2.95. The molecule has 28 heavy (non-hydrogen) atoms. The van der Waals surface area contributed by atoms with Crippen LogP contribution in [0.15, 0.2) is 66.7 Å². The standard InChI is InChI=1S/C24H24O4/c1-2-18-7-5-10-22(16-18)28-24(26)12-6-11-23(25)27-17-19-13-14-20-8-3-4-9-21(20)15-19/h3-5,7-10,13-16H,2,6,11-12,17H2,1H3. The summed E-state index contributed by atoms with van der Waals surface area (Å²) in [7, 11) is 0. The van der Waals surface area contributed by atoms with Crippen molar-refractivity contribution < 1.29 is 19.1 Å². The zero-order chi connectivity index (χ0) is 19.8. The fourth-order valence-corrected chi connectivity index (χ4v) is 2.95. The van der Waals surface area contributed by atoms with Crippen molar-refractivity contribution in [3.63, 3.8) is 0 Å². The summed E-state index contributed by atoms with van der Waals surface area (Å²) in [5, 5.41) is 2.27. The Kier molecular flexibility index (Phi) is 6.79. The maximum atomic E-state index is 11.9. The molecule has 0 saturated carbocycles. The van der Waals surface area contributed by atoms with Gasteiger partial charge in [0.2, 0.25) is 0 Å². The molecule has 3 rings (SSSR count). The topological polar surface area (TPSA) is 52.6 Å². The van der Waals surface area contributed by atoms with E-state index in [-0.39, 0.29) is 31.4 Å². The van der Waals surface area contributed by atoms with Gasteiger partial charge in [0.15, 0.2) is 0 Å². The summed E-state index contributed by atoms with van der Waals surface area (Å²) in [4.78, 5) is 23.9. The normalized spacial score (nSPS) is 10.6. The third-order valence-electron chi connectivity index (χ3n) is 4.51. The molecule has 3 aromatic rings. The Labute approximate surface area is 165 Å². The number of carbonyl (C=O) groups excluding carboxylic acids is 2. The first-order valence-electron chi connectivity index (χ1n) is 9.57. The molecule has 0 aliphatic carbocycles. The molecule has 4 heteroatoms. The second kappa shape index (κ2) is 9.70. The number of hydrogen-bond donors (Lipinski definition) is 0. The van der Waals surface area contributed by atoms with Crippen LogP contribution < -0.4 is 4.74 Å². The van der Waals surface area contributed by atoms with Crippen molar-refractivity contribution in [3.05, 3.63) is 77.9 Å². The first-order valence-corrected chi connectivity index (χ1v) is 9.57. The monoisotopic (exact) mass is 376 g/mol. The molecule has 0 aliphatic rings. The highest BCUT2D eigenvalue weighted by atomic mass is 16.5. The molecule has 0 radical (unpaired) electrons. The molecule has 0 bridgehead atoms. The largest absolute Gasteiger partial charge is 0.461 e. The molecule has 0 spiro atoms. The SMILES string of the molecule is CCc1cccc(OC(=O)CCCC(=O)OCc2ccc3ccccc3c2)c1. The summed E-state index contributed by atoms with van der Waals surface area (Å²) in [6.45, 7) is 2.28. The molecule has 0 saturated heterocycles. The van der Waals surface area contributed by atoms with E-state index in [1.54, 1.807) is 6.07 Å². The molecule has 0 amide bonds. The zero-order valence-electron chi connectivity index (χ0n) is 16.0. The van der Waals surface area contributed by atoms with Crippen molar-refractivity contribution in [2.24, 2.45) is 0 Å². The molecule has 0 aliphatic heterocycles. The Balaban J connectivity index is 1.39. The van der Waals surface area contributed by atoms with E-state index in [2.05, 4.69) is 0 Å². The van der Waals surface area contributed by atoms with Gasteiger partial charge in [0.1, 0.15) is 12.4 Å². The van der Waals surface area contributed by atoms with E-state index in [0.29, 0.717) is 12.2 Å². The van der Waals surface area contributed by atoms with Gasteiger partial charge in [-0.05, 0) is 52.9 Å². The fraction of sp³-hybridized carbons (Fsp3) is 0.250. The van der Waals surface area contributed by atoms with Gasteiger partial charge >= 0.3 is 11.9 Å². The Morgan fingerprint density at radius 1 is 0.786 bits per heavy atom. The number of esters is 2. The zero-order valence-corrected chi connectivity index (χ0v) is 16.0. The van der Waals surface area contributed by atoms with Gasteiger partial charge < -0.3 is 9.47 Å². The molecule has 0 unspecified atom stereocenters. The number of rotatable bonds is 8. The van der Waals surface area contributed by atoms with E-state index >= 15 is 0 Å². The molecule has 3 aromatic carbocycles. The summed E-state index contributed by atoms with van der Waals surface area (Å²) in [6, 6.07) is 21.5. The van der Waals surface area contributed by atoms with E-state index in [9.17, 15) is 9.59 Å². The van der Waals surface area contributed by atoms with Gasteiger partial charge in [0, 0.05) is 12.8 Å². The van der Waals surface area contributed by atoms with Crippen LogP contribution in [0.5, 0.6) is 5.75 Å². The first-order chi connectivity index (χ1) is 13.6. The van der Waals surface area contributed by atoms with Crippen LogP contribution in [0.2, 0.25) is 0 Å². The highest BCUT2D eigenvalue weighted by molar-refractivity contribution is 5.83. The molecular weight excluding hydrogens is 352 g/mol. The van der Waals surface area contributed by atoms with Crippen molar-refractivity contribution in [1.82, 2.24) is 0 Å². The van der Waals surface area contributed by atoms with Crippen molar-refractivity contribution in [1.29, 1.82) is 0 Å². The lowest BCUT2D eigenvalue weighted by Gasteiger charge is -2.07. The van der Waals surface area contributed by atoms with Gasteiger partial charge in [-0.25, -0.2) is 0 Å². The van der Waals surface area contributed by atoms with Gasteiger partial charge in [-0.3, -0.25) is 9.59 Å². The van der Waals surface area contributed by atoms with Crippen LogP contribution in [0.1, 0.15) is 37.3 Å². The van der Waals surface area contributed by atoms with Gasteiger partial charge in [-0.1, -0.05) is 55.5 Å². The van der Waals surface area contributed by atoms with E-state index < -0.39 is 0 Å². The average molecular weight is 376 g/mol. The summed E-state index contributed by atoms with van der Waals surface area (Å²) in [5.41, 5.74) is 2.06. The Morgan fingerprint density at radius 2 is 1.57 bits per heavy atom. The Bertz CT molecular complexity index is 961. The molecule has 4 nitrogen and oxygen atoms in total. The summed E-state index contributed by atoms with van der Waals surface area (Å²) >= 11 is 0. The van der Waals surface area contributed by atoms with Crippen molar-refractivity contribution in [2.75, 3.05) is 0 Å². The summed E-state index contributed by atoms with van der Waals surface area (Å²) in [6.07, 6.45) is 1.66. The lowest BCUT2D eigenvalue weighted by molar-refractivity contribution is -0.145. The minimum Gasteiger partial charge on any atom is -0.461 e. The molecule has 0 fully saturated rings. The van der Waals surface area contributed by atoms with Crippen molar-refractivity contribution in [3.8, 4) is 5.75 Å². The maximum Gasteiger partial charge on any atom is 0.311 e. The van der Waals surface area contributed by atoms with E-state index in [1.165, 1.54) is 0 Å². The third kappa shape index (κ3) is 5.68. The van der Waals surface area contributed by atoms with Gasteiger partial charge in [0.05, 0.1) is 0 Å². The van der Waals surface area contributed by atoms with Gasteiger partial charge in [-0.15, -0.1) is 0 Å². The predicted molar refractivity (Wildman–Crippen MR) is 109 cm³/mol. The minimum atomic E-state index is -0.337. The van der Waals surface area contributed by atoms with Crippen LogP contribution in [0.25, 0.3) is 10.8 Å². The second-order valence-corrected chi connectivity index (χ2v) is 6.67. The highest BCUT2D eigenvalue weighted by Crippen LogP contribution is 2.17. The number of benzene rings is 3. The summed E-state index contributed by atoms with van der Waals surface area (Å²) < 4.78 is 10.6. The maximum absolute atomic E-state index is 11.9. The van der Waals surface area contributed by atoms with E-state index in [0.717, 1.165) is 28.3 Å². The van der Waals surface area contributed by atoms with Crippen LogP contribution >= 0.6 is 0 Å². The molecule has 144 valence electrons. The molecule has 0 atom stereocenters. The van der Waals surface area contributed by atoms with Gasteiger partial charge in [0.25, 0.3) is 0 Å². The van der Waals surface area contributed by atoms with Crippen molar-refractivity contribution in [2.45, 2.75) is 39.2 Å². The lowest BCUT2D eigenvalue weighted by atomic mass is 10.1. The van der Waals surface area contributed by atoms with E-state index in [1.807, 2.05) is 67.6 Å². The first kappa shape index (κ1) is 19.6. The molecule has 0 heterocycles. The summed E-state index contributed by atoms with van der Waals surface area (Å²) in [5.74, 6) is -0.104. The van der Waals surface area contributed by atoms with Crippen LogP contribution in [-0.4, -0.2) is 11.9 Å². The van der Waals surface area contributed by atoms with Crippen LogP contribution in [0.4, 0.5) is 0 Å². The van der Waals surface area contributed by atoms with Crippen LogP contribution in [-0.2, 0) is 27.4 Å². The highest BCUT2D eigenvalue weighted by Gasteiger charge is 2.09. The quantitative estimate of drug-likeness (QED) is 0.399. The molecule has 0 aromatic heterocycles. The van der Waals surface area contributed by atoms with Crippen molar-refractivity contribution >= 4 is 22.7 Å². The van der Waals surface area contributed by atoms with E-state index in [4.69, 9.17) is 9.47 Å². The molecular formula is C24H24O4. The predicted octanol–water partition coefficient (Wildman–Crippen LogP) is 5.22. The lowest BCUT2D eigenvalue weighted by Crippen LogP contribution is -2.10. The Morgan fingerprint density at radius 3 is 2.39 bits per heavy atom. The van der Waals surface area contributed by atoms with Crippen LogP contribution in [0.3, 0.4) is 0 Å². The number of fused-ring (bicyclic) bond motifs is 1. The van der Waals surface area contributed by atoms with Gasteiger partial charge in [-0.2, -0.15) is 0 Å². The smallest absolute Gasteiger partial charge is 0.311 e. The number of carbonyl (C=O) groups is 2.